The molecule has 0 aromatic heterocycles. The van der Waals surface area contributed by atoms with E-state index < -0.39 is 96.9 Å². The molecule has 0 bridgehead atoms. The molecular formula is C44H36Br6F6O14S2-2. The van der Waals surface area contributed by atoms with E-state index in [9.17, 15) is 71.5 Å². The van der Waals surface area contributed by atoms with Crippen molar-refractivity contribution in [3.63, 3.8) is 0 Å². The molecule has 0 radical (unpaired) electrons. The van der Waals surface area contributed by atoms with Gasteiger partial charge in [0.15, 0.2) is 11.5 Å². The lowest BCUT2D eigenvalue weighted by molar-refractivity contribution is -0.259. The predicted molar refractivity (Wildman–Crippen MR) is 265 cm³/mol. The van der Waals surface area contributed by atoms with Crippen molar-refractivity contribution in [1.29, 1.82) is 0 Å². The van der Waals surface area contributed by atoms with E-state index in [2.05, 4.69) is 100 Å². The fraction of sp³-hybridized carbons (Fsp3) is 0.409. The first kappa shape index (κ1) is 60.2. The molecule has 2 aliphatic rings. The molecule has 0 N–H and O–H groups in total. The van der Waals surface area contributed by atoms with Crippen molar-refractivity contribution < 1.29 is 90.4 Å². The molecular weight excluding hydrogens is 1410 g/mol. The zero-order valence-corrected chi connectivity index (χ0v) is 48.0. The van der Waals surface area contributed by atoms with E-state index in [0.717, 1.165) is 10.5 Å². The Labute approximate surface area is 458 Å². The van der Waals surface area contributed by atoms with Crippen LogP contribution in [0.15, 0.2) is 87.5 Å². The largest absolute Gasteiger partial charge is 0.748 e. The summed E-state index contributed by atoms with van der Waals surface area (Å²) in [5.41, 5.74) is -7.45. The minimum absolute atomic E-state index is 0.00964. The van der Waals surface area contributed by atoms with Crippen molar-refractivity contribution in [3.8, 4) is 11.5 Å². The number of hydrogen-bond donors (Lipinski definition) is 0. The number of carbonyl (C=O) groups excluding carboxylic acids is 4. The van der Waals surface area contributed by atoms with Crippen LogP contribution in [0, 0.1) is 23.7 Å². The maximum atomic E-state index is 13.6. The summed E-state index contributed by atoms with van der Waals surface area (Å²) < 4.78 is 172. The van der Waals surface area contributed by atoms with Crippen LogP contribution in [0.1, 0.15) is 73.1 Å². The molecule has 2 fully saturated rings. The van der Waals surface area contributed by atoms with Gasteiger partial charge in [0.2, 0.25) is 11.2 Å². The van der Waals surface area contributed by atoms with Crippen LogP contribution >= 0.6 is 95.6 Å². The number of benzene rings is 4. The lowest BCUT2D eigenvalue weighted by Gasteiger charge is -2.44. The molecule has 6 atom stereocenters. The van der Waals surface area contributed by atoms with Crippen LogP contribution in [0.25, 0.3) is 10.8 Å². The van der Waals surface area contributed by atoms with Crippen molar-refractivity contribution in [1.82, 2.24) is 0 Å². The van der Waals surface area contributed by atoms with Gasteiger partial charge >= 0.3 is 36.2 Å². The summed E-state index contributed by atoms with van der Waals surface area (Å²) >= 11 is 19.9. The first-order valence-electron chi connectivity index (χ1n) is 20.8. The third-order valence-corrected chi connectivity index (χ3v) is 16.8. The van der Waals surface area contributed by atoms with Gasteiger partial charge in [-0.3, -0.25) is 9.59 Å². The van der Waals surface area contributed by atoms with Crippen molar-refractivity contribution in [2.45, 2.75) is 75.9 Å². The standard InChI is InChI=1S/C22H24Br3F3O7S.C22H14Br3F3O7S/c2*1-21(22(26,27)28,10-36(31,32)33)35-20(30)15-7-3-4-12-13(15)5-2-6-14(12)19(29)34-18-16(24)8-11(23)9-17(18)25/h8-9,12-15H,2-7,10H2,1H3,(H,31,32,33);2-9H,10H2,1H3,(H,31,32,33)/p-2. The molecule has 2 saturated carbocycles. The smallest absolute Gasteiger partial charge is 0.429 e. The van der Waals surface area contributed by atoms with Crippen molar-refractivity contribution >= 4 is 150 Å². The quantitative estimate of drug-likeness (QED) is 0.0558. The Balaban J connectivity index is 0.000000267. The number of esters is 4. The van der Waals surface area contributed by atoms with Crippen molar-refractivity contribution in [3.05, 3.63) is 98.6 Å². The number of rotatable bonds is 12. The average molecular weight is 1450 g/mol. The Bertz CT molecular complexity index is 2950. The third-order valence-electron chi connectivity index (χ3n) is 11.7. The highest BCUT2D eigenvalue weighted by atomic mass is 79.9. The number of hydrogen-bond acceptors (Lipinski definition) is 14. The van der Waals surface area contributed by atoms with Gasteiger partial charge in [-0.25, -0.2) is 26.4 Å². The van der Waals surface area contributed by atoms with Gasteiger partial charge in [0, 0.05) is 8.95 Å². The summed E-state index contributed by atoms with van der Waals surface area (Å²) in [5, 5.41) is 0.201. The molecule has 14 nitrogen and oxygen atoms in total. The van der Waals surface area contributed by atoms with E-state index in [0.29, 0.717) is 68.3 Å². The van der Waals surface area contributed by atoms with Crippen molar-refractivity contribution in [2.24, 2.45) is 23.7 Å². The van der Waals surface area contributed by atoms with Gasteiger partial charge in [0.25, 0.3) is 0 Å². The van der Waals surface area contributed by atoms with Crippen LogP contribution in [0.3, 0.4) is 0 Å². The van der Waals surface area contributed by atoms with Crippen LogP contribution in [0.2, 0.25) is 0 Å². The van der Waals surface area contributed by atoms with Crippen LogP contribution in [0.5, 0.6) is 11.5 Å². The molecule has 72 heavy (non-hydrogen) atoms. The molecule has 4 aromatic rings. The van der Waals surface area contributed by atoms with Gasteiger partial charge in [-0.2, -0.15) is 26.3 Å². The number of alkyl halides is 6. The number of fused-ring (bicyclic) bond motifs is 2. The SMILES string of the molecule is CC(CS(=O)(=O)[O-])(OC(=O)C1CCCC2C(C(=O)Oc3c(Br)cc(Br)cc3Br)CCCC12)C(F)(F)F.CC(CS(=O)(=O)[O-])(OC(=O)c1cccc2c(C(=O)Oc3c(Br)cc(Br)cc3Br)cccc12)C(F)(F)F. The minimum Gasteiger partial charge on any atom is -0.748 e. The fourth-order valence-corrected chi connectivity index (χ4v) is 15.0. The minimum atomic E-state index is -5.41. The lowest BCUT2D eigenvalue weighted by atomic mass is 9.61. The molecule has 0 amide bonds. The van der Waals surface area contributed by atoms with Gasteiger partial charge in [-0.1, -0.05) is 69.0 Å². The van der Waals surface area contributed by atoms with E-state index in [4.69, 9.17) is 14.2 Å². The average Bonchev–Trinajstić information content (AvgIpc) is 3.23. The Kier molecular flexibility index (Phi) is 19.4. The topological polar surface area (TPSA) is 220 Å². The molecule has 28 heteroatoms. The van der Waals surface area contributed by atoms with Gasteiger partial charge in [0.05, 0.1) is 72.6 Å². The highest BCUT2D eigenvalue weighted by Gasteiger charge is 2.58. The third kappa shape index (κ3) is 14.8. The van der Waals surface area contributed by atoms with Gasteiger partial charge in [-0.05, 0) is 162 Å². The second-order valence-corrected chi connectivity index (χ2v) is 25.0. The Morgan fingerprint density at radius 1 is 0.556 bits per heavy atom. The molecule has 4 aromatic carbocycles. The Morgan fingerprint density at radius 2 is 0.917 bits per heavy atom. The lowest BCUT2D eigenvalue weighted by Crippen LogP contribution is -2.53. The van der Waals surface area contributed by atoms with Gasteiger partial charge < -0.3 is 28.1 Å². The van der Waals surface area contributed by atoms with Crippen LogP contribution in [0.4, 0.5) is 26.3 Å². The molecule has 6 unspecified atom stereocenters. The van der Waals surface area contributed by atoms with Crippen molar-refractivity contribution in [2.75, 3.05) is 11.5 Å². The van der Waals surface area contributed by atoms with Crippen LogP contribution < -0.4 is 9.47 Å². The zero-order valence-electron chi connectivity index (χ0n) is 36.8. The van der Waals surface area contributed by atoms with Crippen LogP contribution in [-0.4, -0.2) is 84.9 Å². The number of carbonyl (C=O) groups is 4. The second kappa shape index (κ2) is 23.3. The van der Waals surface area contributed by atoms with E-state index >= 15 is 0 Å². The molecule has 0 heterocycles. The molecule has 6 rings (SSSR count). The molecule has 0 saturated heterocycles. The van der Waals surface area contributed by atoms with E-state index in [1.54, 1.807) is 24.3 Å². The first-order valence-corrected chi connectivity index (χ1v) is 28.7. The summed E-state index contributed by atoms with van der Waals surface area (Å²) in [6.45, 7) is 0.678. The summed E-state index contributed by atoms with van der Waals surface area (Å²) in [4.78, 5) is 51.8. The van der Waals surface area contributed by atoms with Gasteiger partial charge in [0.1, 0.15) is 0 Å². The molecule has 2 aliphatic carbocycles. The zero-order chi connectivity index (χ0) is 54.1. The highest BCUT2D eigenvalue weighted by molar-refractivity contribution is 9.12. The summed E-state index contributed by atoms with van der Waals surface area (Å²) in [6.07, 6.45) is -7.77. The molecule has 0 aliphatic heterocycles. The molecule has 0 spiro atoms. The Morgan fingerprint density at radius 3 is 1.31 bits per heavy atom. The predicted octanol–water partition coefficient (Wildman–Crippen LogP) is 12.5. The number of halogens is 12. The monoisotopic (exact) mass is 1440 g/mol. The Hall–Kier alpha value is -2.70. The van der Waals surface area contributed by atoms with E-state index in [1.807, 2.05) is 0 Å². The van der Waals surface area contributed by atoms with E-state index in [1.165, 1.54) is 30.3 Å². The highest BCUT2D eigenvalue weighted by Crippen LogP contribution is 2.49. The number of ether oxygens (including phenoxy) is 4. The summed E-state index contributed by atoms with van der Waals surface area (Å²) in [7, 11) is -10.8. The maximum absolute atomic E-state index is 13.6. The summed E-state index contributed by atoms with van der Waals surface area (Å²) in [5.74, 6) is -9.81. The maximum Gasteiger partial charge on any atom is 0.429 e. The normalized spacial score (nSPS) is 20.1. The van der Waals surface area contributed by atoms with E-state index in [-0.39, 0.29) is 45.7 Å². The molecule has 394 valence electrons. The first-order chi connectivity index (χ1) is 33.0. The fourth-order valence-electron chi connectivity index (χ4n) is 8.40. The summed E-state index contributed by atoms with van der Waals surface area (Å²) in [6, 6.07) is 14.7. The second-order valence-electron chi connectivity index (χ2n) is 17.0. The van der Waals surface area contributed by atoms with Crippen LogP contribution in [-0.2, 0) is 39.3 Å². The van der Waals surface area contributed by atoms with Gasteiger partial charge in [-0.15, -0.1) is 0 Å².